The van der Waals surface area contributed by atoms with Crippen LogP contribution < -0.4 is 4.72 Å². The summed E-state index contributed by atoms with van der Waals surface area (Å²) in [5.41, 5.74) is 4.59. The molecule has 0 saturated heterocycles. The molecule has 1 heterocycles. The SMILES string of the molecule is CC(C)(C)c1ccc(-c2cn[nH]n2)cc1.CC(C)(C)c1ccc(S(=O)(=O)NCCO)cc1. The highest BCUT2D eigenvalue weighted by molar-refractivity contribution is 7.89. The maximum atomic E-state index is 11.7. The molecular weight excluding hydrogens is 424 g/mol. The zero-order chi connectivity index (χ0) is 24.0. The first-order chi connectivity index (χ1) is 14.8. The van der Waals surface area contributed by atoms with Crippen LogP contribution in [0.3, 0.4) is 0 Å². The number of aromatic amines is 1. The Morgan fingerprint density at radius 2 is 1.38 bits per heavy atom. The highest BCUT2D eigenvalue weighted by Crippen LogP contribution is 2.25. The second-order valence-corrected chi connectivity index (χ2v) is 11.3. The van der Waals surface area contributed by atoms with Crippen molar-refractivity contribution in [1.82, 2.24) is 20.1 Å². The molecule has 0 unspecified atom stereocenters. The van der Waals surface area contributed by atoms with Crippen LogP contribution >= 0.6 is 0 Å². The molecule has 3 rings (SSSR count). The molecular formula is C24H34N4O3S. The lowest BCUT2D eigenvalue weighted by atomic mass is 9.86. The molecule has 2 aromatic carbocycles. The van der Waals surface area contributed by atoms with Crippen LogP contribution in [0.5, 0.6) is 0 Å². The van der Waals surface area contributed by atoms with Gasteiger partial charge in [0.15, 0.2) is 0 Å². The Kier molecular flexibility index (Phi) is 8.34. The summed E-state index contributed by atoms with van der Waals surface area (Å²) in [7, 11) is -3.49. The quantitative estimate of drug-likeness (QED) is 0.535. The summed E-state index contributed by atoms with van der Waals surface area (Å²) in [6, 6.07) is 15.2. The van der Waals surface area contributed by atoms with Crippen molar-refractivity contribution in [3.8, 4) is 11.3 Å². The van der Waals surface area contributed by atoms with Crippen molar-refractivity contribution in [3.05, 3.63) is 65.9 Å². The fraction of sp³-hybridized carbons (Fsp3) is 0.417. The van der Waals surface area contributed by atoms with Gasteiger partial charge in [-0.05, 0) is 34.1 Å². The van der Waals surface area contributed by atoms with E-state index in [-0.39, 0.29) is 28.9 Å². The number of hydrogen-bond donors (Lipinski definition) is 3. The van der Waals surface area contributed by atoms with E-state index < -0.39 is 10.0 Å². The van der Waals surface area contributed by atoms with E-state index in [2.05, 4.69) is 85.9 Å². The molecule has 0 radical (unpaired) electrons. The smallest absolute Gasteiger partial charge is 0.240 e. The van der Waals surface area contributed by atoms with Gasteiger partial charge in [0, 0.05) is 12.1 Å². The van der Waals surface area contributed by atoms with E-state index >= 15 is 0 Å². The summed E-state index contributed by atoms with van der Waals surface area (Å²) in [5.74, 6) is 0. The predicted octanol–water partition coefficient (Wildman–Crippen LogP) is 4.02. The van der Waals surface area contributed by atoms with Gasteiger partial charge in [-0.3, -0.25) is 0 Å². The van der Waals surface area contributed by atoms with Crippen LogP contribution in [0.15, 0.2) is 59.6 Å². The molecule has 32 heavy (non-hydrogen) atoms. The second kappa shape index (κ2) is 10.4. The predicted molar refractivity (Wildman–Crippen MR) is 128 cm³/mol. The molecule has 0 saturated carbocycles. The Labute approximate surface area is 191 Å². The standard InChI is InChI=1S/C12H15N3.C12H19NO3S/c1-12(2,3)10-6-4-9(5-7-10)11-8-13-15-14-11;1-12(2,3)10-4-6-11(7-5-10)17(15,16)13-8-9-14/h4-8H,1-3H3,(H,13,14,15);4-7,13-14H,8-9H2,1-3H3. The van der Waals surface area contributed by atoms with E-state index in [9.17, 15) is 8.42 Å². The van der Waals surface area contributed by atoms with Gasteiger partial charge in [-0.1, -0.05) is 77.9 Å². The van der Waals surface area contributed by atoms with Gasteiger partial charge in [0.1, 0.15) is 5.69 Å². The molecule has 0 aliphatic heterocycles. The number of nitrogens with zero attached hydrogens (tertiary/aromatic N) is 2. The van der Waals surface area contributed by atoms with Crippen LogP contribution in [0.4, 0.5) is 0 Å². The molecule has 3 N–H and O–H groups in total. The van der Waals surface area contributed by atoms with E-state index in [0.29, 0.717) is 0 Å². The van der Waals surface area contributed by atoms with E-state index in [1.54, 1.807) is 18.3 Å². The van der Waals surface area contributed by atoms with Gasteiger partial charge >= 0.3 is 0 Å². The molecule has 0 aliphatic carbocycles. The molecule has 0 aliphatic rings. The summed E-state index contributed by atoms with van der Waals surface area (Å²) in [4.78, 5) is 0.221. The Morgan fingerprint density at radius 3 is 1.78 bits per heavy atom. The molecule has 1 aromatic heterocycles. The van der Waals surface area contributed by atoms with Crippen molar-refractivity contribution in [2.24, 2.45) is 0 Å². The van der Waals surface area contributed by atoms with Crippen molar-refractivity contribution in [1.29, 1.82) is 0 Å². The molecule has 8 heteroatoms. The van der Waals surface area contributed by atoms with Crippen molar-refractivity contribution in [3.63, 3.8) is 0 Å². The number of hydrogen-bond acceptors (Lipinski definition) is 5. The van der Waals surface area contributed by atoms with Gasteiger partial charge < -0.3 is 5.11 Å². The van der Waals surface area contributed by atoms with Crippen molar-refractivity contribution in [2.45, 2.75) is 57.3 Å². The lowest BCUT2D eigenvalue weighted by Crippen LogP contribution is -2.26. The van der Waals surface area contributed by atoms with Crippen molar-refractivity contribution in [2.75, 3.05) is 13.2 Å². The first kappa shape index (κ1) is 25.7. The minimum absolute atomic E-state index is 0.000813. The maximum absolute atomic E-state index is 11.7. The first-order valence-electron chi connectivity index (χ1n) is 10.5. The average molecular weight is 459 g/mol. The Morgan fingerprint density at radius 1 is 0.875 bits per heavy atom. The third-order valence-corrected chi connectivity index (χ3v) is 6.37. The summed E-state index contributed by atoms with van der Waals surface area (Å²) in [6.07, 6.45) is 1.73. The Balaban J connectivity index is 0.000000228. The number of nitrogens with one attached hydrogen (secondary N) is 2. The normalized spacial score (nSPS) is 12.2. The number of aliphatic hydroxyl groups is 1. The Bertz CT molecular complexity index is 1060. The zero-order valence-electron chi connectivity index (χ0n) is 19.7. The average Bonchev–Trinajstić information content (AvgIpc) is 3.27. The van der Waals surface area contributed by atoms with E-state index in [4.69, 9.17) is 5.11 Å². The van der Waals surface area contributed by atoms with Crippen LogP contribution in [-0.2, 0) is 20.9 Å². The first-order valence-corrected chi connectivity index (χ1v) is 12.0. The molecule has 0 fully saturated rings. The van der Waals surface area contributed by atoms with Gasteiger partial charge in [-0.25, -0.2) is 13.1 Å². The van der Waals surface area contributed by atoms with Crippen LogP contribution in [-0.4, -0.2) is 42.1 Å². The van der Waals surface area contributed by atoms with Crippen LogP contribution in [0, 0.1) is 0 Å². The molecule has 0 spiro atoms. The lowest BCUT2D eigenvalue weighted by Gasteiger charge is -2.19. The van der Waals surface area contributed by atoms with Gasteiger partial charge in [-0.15, -0.1) is 0 Å². The van der Waals surface area contributed by atoms with Crippen molar-refractivity contribution < 1.29 is 13.5 Å². The van der Waals surface area contributed by atoms with E-state index in [0.717, 1.165) is 16.8 Å². The monoisotopic (exact) mass is 458 g/mol. The summed E-state index contributed by atoms with van der Waals surface area (Å²) >= 11 is 0. The van der Waals surface area contributed by atoms with Crippen LogP contribution in [0.25, 0.3) is 11.3 Å². The number of H-pyrrole nitrogens is 1. The van der Waals surface area contributed by atoms with Crippen LogP contribution in [0.1, 0.15) is 52.7 Å². The van der Waals surface area contributed by atoms with Crippen LogP contribution in [0.2, 0.25) is 0 Å². The summed E-state index contributed by atoms with van der Waals surface area (Å²) in [5, 5.41) is 19.0. The van der Waals surface area contributed by atoms with Crippen molar-refractivity contribution >= 4 is 10.0 Å². The molecule has 174 valence electrons. The minimum Gasteiger partial charge on any atom is -0.395 e. The molecule has 3 aromatic rings. The lowest BCUT2D eigenvalue weighted by molar-refractivity contribution is 0.301. The second-order valence-electron chi connectivity index (χ2n) is 9.58. The number of aliphatic hydroxyl groups excluding tert-OH is 1. The third kappa shape index (κ3) is 7.25. The fourth-order valence-corrected chi connectivity index (χ4v) is 3.90. The highest BCUT2D eigenvalue weighted by Gasteiger charge is 2.17. The highest BCUT2D eigenvalue weighted by atomic mass is 32.2. The third-order valence-electron chi connectivity index (χ3n) is 4.90. The topological polar surface area (TPSA) is 108 Å². The number of rotatable bonds is 5. The zero-order valence-corrected chi connectivity index (χ0v) is 20.5. The Hall–Kier alpha value is -2.55. The minimum atomic E-state index is -3.49. The number of sulfonamides is 1. The summed E-state index contributed by atoms with van der Waals surface area (Å²) < 4.78 is 25.8. The largest absolute Gasteiger partial charge is 0.395 e. The van der Waals surface area contributed by atoms with E-state index in [1.807, 2.05) is 12.1 Å². The summed E-state index contributed by atoms with van der Waals surface area (Å²) in [6.45, 7) is 12.7. The van der Waals surface area contributed by atoms with Gasteiger partial charge in [0.2, 0.25) is 10.0 Å². The molecule has 0 bridgehead atoms. The van der Waals surface area contributed by atoms with Gasteiger partial charge in [0.25, 0.3) is 0 Å². The molecule has 0 atom stereocenters. The molecule has 7 nitrogen and oxygen atoms in total. The molecule has 0 amide bonds. The number of benzene rings is 2. The van der Waals surface area contributed by atoms with Gasteiger partial charge in [0.05, 0.1) is 17.7 Å². The van der Waals surface area contributed by atoms with Gasteiger partial charge in [-0.2, -0.15) is 15.4 Å². The fourth-order valence-electron chi connectivity index (χ4n) is 2.88. The number of aromatic nitrogens is 3. The van der Waals surface area contributed by atoms with E-state index in [1.165, 1.54) is 5.56 Å². The maximum Gasteiger partial charge on any atom is 0.240 e.